The van der Waals surface area contributed by atoms with Crippen LogP contribution in [0.5, 0.6) is 0 Å². The van der Waals surface area contributed by atoms with E-state index in [0.29, 0.717) is 29.1 Å². The van der Waals surface area contributed by atoms with E-state index in [0.717, 1.165) is 0 Å². The van der Waals surface area contributed by atoms with Gasteiger partial charge in [-0.05, 0) is 0 Å². The van der Waals surface area contributed by atoms with E-state index in [1.54, 1.807) is 45.6 Å². The molecule has 0 saturated heterocycles. The van der Waals surface area contributed by atoms with E-state index in [9.17, 15) is 0 Å². The normalized spacial score (nSPS) is 13.7. The Balaban J connectivity index is 2.00. The first-order valence-corrected chi connectivity index (χ1v) is 17.5. The summed E-state index contributed by atoms with van der Waals surface area (Å²) in [6, 6.07) is 15.2. The van der Waals surface area contributed by atoms with Gasteiger partial charge in [0.2, 0.25) is 0 Å². The third-order valence-corrected chi connectivity index (χ3v) is 14.3. The van der Waals surface area contributed by atoms with Crippen LogP contribution >= 0.6 is 7.92 Å². The zero-order valence-electron chi connectivity index (χ0n) is 23.6. The van der Waals surface area contributed by atoms with Gasteiger partial charge in [-0.2, -0.15) is 0 Å². The van der Waals surface area contributed by atoms with E-state index in [1.807, 2.05) is 0 Å². The number of hydrogen-bond donors (Lipinski definition) is 0. The van der Waals surface area contributed by atoms with Gasteiger partial charge in [-0.3, -0.25) is 0 Å². The molecule has 3 aromatic carbocycles. The Hall–Kier alpha value is -0.860. The van der Waals surface area contributed by atoms with Gasteiger partial charge >= 0.3 is 228 Å². The average molecular weight is 600 g/mol. The van der Waals surface area contributed by atoms with Gasteiger partial charge in [0.15, 0.2) is 0 Å². The molecule has 0 atom stereocenters. The zero-order chi connectivity index (χ0) is 25.6. The van der Waals surface area contributed by atoms with Crippen molar-refractivity contribution in [2.45, 2.75) is 111 Å². The van der Waals surface area contributed by atoms with Crippen LogP contribution in [0.1, 0.15) is 115 Å². The predicted octanol–water partition coefficient (Wildman–Crippen LogP) is 7.89. The van der Waals surface area contributed by atoms with Crippen molar-refractivity contribution < 1.29 is 0 Å². The van der Waals surface area contributed by atoms with E-state index in [2.05, 4.69) is 106 Å². The second kappa shape index (κ2) is 10.9. The van der Waals surface area contributed by atoms with Crippen molar-refractivity contribution >= 4 is 52.1 Å². The van der Waals surface area contributed by atoms with Crippen molar-refractivity contribution in [2.24, 2.45) is 0 Å². The molecule has 0 saturated carbocycles. The van der Waals surface area contributed by atoms with E-state index in [4.69, 9.17) is 0 Å². The summed E-state index contributed by atoms with van der Waals surface area (Å²) in [5.74, 6) is 1.70. The van der Waals surface area contributed by atoms with Crippen molar-refractivity contribution in [1.82, 2.24) is 0 Å². The summed E-state index contributed by atoms with van der Waals surface area (Å²) in [7, 11) is -0.195. The summed E-state index contributed by atoms with van der Waals surface area (Å²) in [6.07, 6.45) is 2.43. The number of benzene rings is 3. The molecule has 2 heteroatoms. The van der Waals surface area contributed by atoms with Crippen LogP contribution < -0.4 is 12.5 Å². The third-order valence-electron chi connectivity index (χ3n) is 7.62. The molecule has 0 fully saturated rings. The fourth-order valence-electron chi connectivity index (χ4n) is 5.85. The molecule has 0 radical (unpaired) electrons. The molecule has 35 heavy (non-hydrogen) atoms. The molecule has 0 heterocycles. The minimum atomic E-state index is -0.529. The standard InChI is InChI=1S/C33H45PTe/c1-19(2)26-17-27(20(3)4)33(28(18-26)21(5)6)35-30-16-14-25-12-11-24-13-15-29(32(30)31(24)25)34(22(7)8)23(9)10/h13-23H,11-12H2,1-10H3. The van der Waals surface area contributed by atoms with Crippen LogP contribution in [0.25, 0.3) is 10.8 Å². The van der Waals surface area contributed by atoms with Crippen molar-refractivity contribution in [3.05, 3.63) is 64.2 Å². The summed E-state index contributed by atoms with van der Waals surface area (Å²) in [5.41, 5.74) is 9.35. The van der Waals surface area contributed by atoms with Crippen LogP contribution in [0.4, 0.5) is 0 Å². The molecule has 0 N–H and O–H groups in total. The van der Waals surface area contributed by atoms with Crippen LogP contribution in [0.2, 0.25) is 0 Å². The van der Waals surface area contributed by atoms with Gasteiger partial charge in [0.1, 0.15) is 0 Å². The first-order valence-electron chi connectivity index (χ1n) is 13.7. The zero-order valence-corrected chi connectivity index (χ0v) is 26.8. The van der Waals surface area contributed by atoms with Crippen molar-refractivity contribution in [3.63, 3.8) is 0 Å². The Kier molecular flexibility index (Phi) is 8.44. The molecule has 0 amide bonds. The first-order chi connectivity index (χ1) is 16.5. The maximum atomic E-state index is 2.55. The maximum absolute atomic E-state index is 2.55. The van der Waals surface area contributed by atoms with Gasteiger partial charge in [0.05, 0.1) is 0 Å². The Morgan fingerprint density at radius 2 is 1.14 bits per heavy atom. The van der Waals surface area contributed by atoms with Gasteiger partial charge in [0.25, 0.3) is 0 Å². The molecule has 0 nitrogen and oxygen atoms in total. The molecular weight excluding hydrogens is 555 g/mol. The molecule has 1 aliphatic carbocycles. The van der Waals surface area contributed by atoms with E-state index >= 15 is 0 Å². The molecule has 0 bridgehead atoms. The van der Waals surface area contributed by atoms with E-state index in [-0.39, 0.29) is 7.92 Å². The van der Waals surface area contributed by atoms with Gasteiger partial charge in [0, 0.05) is 0 Å². The topological polar surface area (TPSA) is 0 Å². The van der Waals surface area contributed by atoms with Crippen LogP contribution in [0.15, 0.2) is 36.4 Å². The van der Waals surface area contributed by atoms with E-state index in [1.165, 1.54) is 18.4 Å². The molecule has 0 unspecified atom stereocenters. The summed E-state index contributed by atoms with van der Waals surface area (Å²) in [5, 5.41) is 4.99. The van der Waals surface area contributed by atoms with Gasteiger partial charge < -0.3 is 0 Å². The fourth-order valence-corrected chi connectivity index (χ4v) is 13.4. The number of rotatable bonds is 8. The van der Waals surface area contributed by atoms with Crippen molar-refractivity contribution in [1.29, 1.82) is 0 Å². The number of hydrogen-bond acceptors (Lipinski definition) is 0. The fraction of sp³-hybridized carbons (Fsp3) is 0.515. The van der Waals surface area contributed by atoms with Crippen LogP contribution in [0.3, 0.4) is 0 Å². The predicted molar refractivity (Wildman–Crippen MR) is 162 cm³/mol. The summed E-state index contributed by atoms with van der Waals surface area (Å²) in [6.45, 7) is 24.1. The van der Waals surface area contributed by atoms with Crippen molar-refractivity contribution in [2.75, 3.05) is 0 Å². The van der Waals surface area contributed by atoms with Gasteiger partial charge in [-0.15, -0.1) is 0 Å². The van der Waals surface area contributed by atoms with Crippen LogP contribution in [-0.2, 0) is 12.8 Å². The van der Waals surface area contributed by atoms with Gasteiger partial charge in [-0.1, -0.05) is 0 Å². The molecule has 0 aromatic heterocycles. The average Bonchev–Trinajstić information content (AvgIpc) is 3.19. The monoisotopic (exact) mass is 602 g/mol. The van der Waals surface area contributed by atoms with Crippen molar-refractivity contribution in [3.8, 4) is 0 Å². The van der Waals surface area contributed by atoms with Gasteiger partial charge in [-0.25, -0.2) is 0 Å². The Morgan fingerprint density at radius 1 is 0.629 bits per heavy atom. The van der Waals surface area contributed by atoms with E-state index < -0.39 is 20.9 Å². The Labute approximate surface area is 226 Å². The van der Waals surface area contributed by atoms with Crippen LogP contribution in [-0.4, -0.2) is 32.2 Å². The molecule has 0 spiro atoms. The molecule has 188 valence electrons. The first kappa shape index (κ1) is 27.2. The summed E-state index contributed by atoms with van der Waals surface area (Å²) >= 11 is -0.529. The quantitative estimate of drug-likeness (QED) is 0.182. The Bertz CT molecular complexity index is 1170. The summed E-state index contributed by atoms with van der Waals surface area (Å²) in [4.78, 5) is 0. The second-order valence-electron chi connectivity index (χ2n) is 11.9. The second-order valence-corrected chi connectivity index (χ2v) is 18.3. The molecular formula is C33H45PTe. The molecule has 4 rings (SSSR count). The molecule has 0 aliphatic heterocycles. The van der Waals surface area contributed by atoms with Crippen LogP contribution in [0, 0.1) is 0 Å². The number of aryl methyl sites for hydroxylation is 2. The minimum absolute atomic E-state index is 0.195. The SMILES string of the molecule is CC(C)c1cc(C(C)C)c([Te]c2ccc3c4c(ccc(P(C(C)C)C(C)C)c24)CC3)c(C(C)C)c1. The molecule has 1 aliphatic rings. The summed E-state index contributed by atoms with van der Waals surface area (Å²) < 4.78 is 3.40. The Morgan fingerprint density at radius 3 is 1.60 bits per heavy atom. The molecule has 3 aromatic rings. The third kappa shape index (κ3) is 5.26.